The molecule has 2 atom stereocenters. The SMILES string of the molecule is COc1ccc2cc(CNC(=O)CN3C(=O)N[C@]4(CCCC[C@H]4C)C3=O)ccc2c1. The molecular weight excluding hydrogens is 382 g/mol. The van der Waals surface area contributed by atoms with Gasteiger partial charge in [-0.25, -0.2) is 4.79 Å². The molecule has 158 valence electrons. The molecule has 2 N–H and O–H groups in total. The number of methoxy groups -OCH3 is 1. The van der Waals surface area contributed by atoms with Crippen LogP contribution in [0.1, 0.15) is 38.2 Å². The van der Waals surface area contributed by atoms with E-state index < -0.39 is 11.6 Å². The minimum Gasteiger partial charge on any atom is -0.497 e. The highest BCUT2D eigenvalue weighted by molar-refractivity contribution is 6.09. The van der Waals surface area contributed by atoms with Gasteiger partial charge in [-0.15, -0.1) is 0 Å². The number of urea groups is 1. The summed E-state index contributed by atoms with van der Waals surface area (Å²) in [5.74, 6) is 0.248. The third kappa shape index (κ3) is 3.60. The Morgan fingerprint density at radius 2 is 1.97 bits per heavy atom. The molecule has 2 fully saturated rings. The first-order valence-corrected chi connectivity index (χ1v) is 10.4. The maximum absolute atomic E-state index is 13.0. The molecule has 0 radical (unpaired) electrons. The molecule has 1 saturated carbocycles. The molecule has 7 heteroatoms. The zero-order valence-corrected chi connectivity index (χ0v) is 17.4. The van der Waals surface area contributed by atoms with Gasteiger partial charge in [0.2, 0.25) is 5.91 Å². The van der Waals surface area contributed by atoms with Crippen LogP contribution in [-0.2, 0) is 16.1 Å². The lowest BCUT2D eigenvalue weighted by Crippen LogP contribution is -2.54. The number of carbonyl (C=O) groups is 3. The Hall–Kier alpha value is -3.09. The molecule has 1 spiro atoms. The first kappa shape index (κ1) is 20.2. The van der Waals surface area contributed by atoms with Crippen molar-refractivity contribution in [1.29, 1.82) is 0 Å². The van der Waals surface area contributed by atoms with Crippen LogP contribution in [0.4, 0.5) is 4.79 Å². The molecule has 30 heavy (non-hydrogen) atoms. The van der Waals surface area contributed by atoms with E-state index in [-0.39, 0.29) is 24.3 Å². The average molecular weight is 409 g/mol. The summed E-state index contributed by atoms with van der Waals surface area (Å²) < 4.78 is 5.24. The molecule has 2 aromatic rings. The molecule has 2 aliphatic rings. The minimum absolute atomic E-state index is 0.0759. The van der Waals surface area contributed by atoms with Crippen molar-refractivity contribution in [3.8, 4) is 5.75 Å². The summed E-state index contributed by atoms with van der Waals surface area (Å²) in [7, 11) is 1.63. The third-order valence-corrected chi connectivity index (χ3v) is 6.40. The molecule has 1 aliphatic carbocycles. The van der Waals surface area contributed by atoms with Crippen molar-refractivity contribution in [3.63, 3.8) is 0 Å². The number of hydrogen-bond donors (Lipinski definition) is 2. The number of amides is 4. The van der Waals surface area contributed by atoms with Gasteiger partial charge in [-0.05, 0) is 53.3 Å². The van der Waals surface area contributed by atoms with E-state index in [9.17, 15) is 14.4 Å². The summed E-state index contributed by atoms with van der Waals surface area (Å²) in [5.41, 5.74) is 0.102. The fourth-order valence-corrected chi connectivity index (χ4v) is 4.55. The second-order valence-electron chi connectivity index (χ2n) is 8.26. The van der Waals surface area contributed by atoms with Crippen LogP contribution in [0, 0.1) is 5.92 Å². The molecule has 1 aliphatic heterocycles. The molecule has 1 saturated heterocycles. The molecule has 0 aromatic heterocycles. The van der Waals surface area contributed by atoms with Gasteiger partial charge in [0.05, 0.1) is 7.11 Å². The number of carbonyl (C=O) groups excluding carboxylic acids is 3. The van der Waals surface area contributed by atoms with Gasteiger partial charge in [0, 0.05) is 6.54 Å². The summed E-state index contributed by atoms with van der Waals surface area (Å²) in [6.45, 7) is 2.06. The molecular formula is C23H27N3O4. The number of fused-ring (bicyclic) bond motifs is 1. The van der Waals surface area contributed by atoms with Crippen molar-refractivity contribution in [2.75, 3.05) is 13.7 Å². The smallest absolute Gasteiger partial charge is 0.325 e. The highest BCUT2D eigenvalue weighted by Crippen LogP contribution is 2.38. The van der Waals surface area contributed by atoms with Crippen molar-refractivity contribution in [1.82, 2.24) is 15.5 Å². The van der Waals surface area contributed by atoms with Crippen LogP contribution in [0.2, 0.25) is 0 Å². The quantitative estimate of drug-likeness (QED) is 0.744. The number of benzene rings is 2. The lowest BCUT2D eigenvalue weighted by molar-refractivity contribution is -0.137. The number of nitrogens with zero attached hydrogens (tertiary/aromatic N) is 1. The van der Waals surface area contributed by atoms with Crippen molar-refractivity contribution in [2.24, 2.45) is 5.92 Å². The van der Waals surface area contributed by atoms with Crippen molar-refractivity contribution >= 4 is 28.6 Å². The van der Waals surface area contributed by atoms with E-state index in [0.717, 1.165) is 46.2 Å². The summed E-state index contributed by atoms with van der Waals surface area (Å²) in [6, 6.07) is 11.3. The van der Waals surface area contributed by atoms with Gasteiger partial charge in [-0.2, -0.15) is 0 Å². The monoisotopic (exact) mass is 409 g/mol. The maximum atomic E-state index is 13.0. The van der Waals surface area contributed by atoms with Gasteiger partial charge in [0.15, 0.2) is 0 Å². The van der Waals surface area contributed by atoms with E-state index >= 15 is 0 Å². The maximum Gasteiger partial charge on any atom is 0.325 e. The predicted octanol–water partition coefficient (Wildman–Crippen LogP) is 2.97. The largest absolute Gasteiger partial charge is 0.497 e. The highest BCUT2D eigenvalue weighted by Gasteiger charge is 2.55. The van der Waals surface area contributed by atoms with Gasteiger partial charge >= 0.3 is 6.03 Å². The van der Waals surface area contributed by atoms with Crippen LogP contribution >= 0.6 is 0 Å². The molecule has 0 unspecified atom stereocenters. The Morgan fingerprint density at radius 1 is 1.20 bits per heavy atom. The summed E-state index contributed by atoms with van der Waals surface area (Å²) in [6.07, 6.45) is 3.51. The molecule has 4 rings (SSSR count). The Morgan fingerprint density at radius 3 is 2.73 bits per heavy atom. The number of rotatable bonds is 5. The summed E-state index contributed by atoms with van der Waals surface area (Å²) in [4.78, 5) is 38.9. The minimum atomic E-state index is -0.838. The Labute approximate surface area is 175 Å². The lowest BCUT2D eigenvalue weighted by Gasteiger charge is -2.36. The fraction of sp³-hybridized carbons (Fsp3) is 0.435. The standard InChI is InChI=1S/C23H27N3O4/c1-15-5-3-4-10-23(15)21(28)26(22(29)25-23)14-20(27)24-13-16-6-7-18-12-19(30-2)9-8-17(18)11-16/h6-9,11-12,15H,3-5,10,13-14H2,1-2H3,(H,24,27)(H,25,29)/t15-,23+/m1/s1. The van der Waals surface area contributed by atoms with Gasteiger partial charge in [-0.3, -0.25) is 14.5 Å². The zero-order chi connectivity index (χ0) is 21.3. The molecule has 4 amide bonds. The number of nitrogens with one attached hydrogen (secondary N) is 2. The molecule has 0 bridgehead atoms. The van der Waals surface area contributed by atoms with Gasteiger partial charge in [0.25, 0.3) is 5.91 Å². The van der Waals surface area contributed by atoms with Crippen molar-refractivity contribution in [3.05, 3.63) is 42.0 Å². The molecule has 7 nitrogen and oxygen atoms in total. The van der Waals surface area contributed by atoms with Crippen molar-refractivity contribution < 1.29 is 19.1 Å². The van der Waals surface area contributed by atoms with E-state index in [4.69, 9.17) is 4.74 Å². The fourth-order valence-electron chi connectivity index (χ4n) is 4.55. The van der Waals surface area contributed by atoms with Crippen molar-refractivity contribution in [2.45, 2.75) is 44.7 Å². The number of imide groups is 1. The van der Waals surface area contributed by atoms with E-state index in [1.54, 1.807) is 7.11 Å². The van der Waals surface area contributed by atoms with E-state index in [0.29, 0.717) is 13.0 Å². The topological polar surface area (TPSA) is 87.7 Å². The lowest BCUT2D eigenvalue weighted by atomic mass is 9.73. The average Bonchev–Trinajstić information content (AvgIpc) is 2.98. The van der Waals surface area contributed by atoms with Crippen LogP contribution in [0.3, 0.4) is 0 Å². The number of ether oxygens (including phenoxy) is 1. The Balaban J connectivity index is 1.38. The molecule has 2 aromatic carbocycles. The number of hydrogen-bond acceptors (Lipinski definition) is 4. The first-order valence-electron chi connectivity index (χ1n) is 10.4. The summed E-state index contributed by atoms with van der Waals surface area (Å²) >= 11 is 0. The van der Waals surface area contributed by atoms with Crippen LogP contribution < -0.4 is 15.4 Å². The van der Waals surface area contributed by atoms with Crippen LogP contribution in [0.15, 0.2) is 36.4 Å². The Bertz CT molecular complexity index is 1010. The molecule has 1 heterocycles. The first-order chi connectivity index (χ1) is 14.4. The predicted molar refractivity (Wildman–Crippen MR) is 113 cm³/mol. The summed E-state index contributed by atoms with van der Waals surface area (Å²) in [5, 5.41) is 7.79. The highest BCUT2D eigenvalue weighted by atomic mass is 16.5. The normalized spacial score (nSPS) is 23.7. The third-order valence-electron chi connectivity index (χ3n) is 6.40. The van der Waals surface area contributed by atoms with Gasteiger partial charge in [-0.1, -0.05) is 38.0 Å². The second-order valence-corrected chi connectivity index (χ2v) is 8.26. The Kier molecular flexibility index (Phi) is 5.37. The van der Waals surface area contributed by atoms with Crippen LogP contribution in [-0.4, -0.2) is 41.9 Å². The zero-order valence-electron chi connectivity index (χ0n) is 17.4. The second kappa shape index (κ2) is 7.97. The van der Waals surface area contributed by atoms with E-state index in [1.165, 1.54) is 0 Å². The van der Waals surface area contributed by atoms with E-state index in [2.05, 4.69) is 10.6 Å². The van der Waals surface area contributed by atoms with Crippen LogP contribution in [0.5, 0.6) is 5.75 Å². The van der Waals surface area contributed by atoms with Crippen LogP contribution in [0.25, 0.3) is 10.8 Å². The van der Waals surface area contributed by atoms with Gasteiger partial charge in [0.1, 0.15) is 17.8 Å². The van der Waals surface area contributed by atoms with Gasteiger partial charge < -0.3 is 15.4 Å². The van der Waals surface area contributed by atoms with E-state index in [1.807, 2.05) is 43.3 Å².